The van der Waals surface area contributed by atoms with E-state index < -0.39 is 0 Å². The predicted octanol–water partition coefficient (Wildman–Crippen LogP) is 2.78. The largest absolute Gasteiger partial charge is 0.472 e. The Kier molecular flexibility index (Phi) is 2.33. The summed E-state index contributed by atoms with van der Waals surface area (Å²) in [5.41, 5.74) is 8.27. The Morgan fingerprint density at radius 2 is 2.38 bits per heavy atom. The van der Waals surface area contributed by atoms with E-state index in [1.165, 1.54) is 25.0 Å². The molecule has 2 aromatic heterocycles. The number of nitrogens with two attached hydrogens (primary N) is 1. The first-order chi connectivity index (χ1) is 7.84. The molecule has 0 bridgehead atoms. The summed E-state index contributed by atoms with van der Waals surface area (Å²) in [6.07, 6.45) is 7.04. The van der Waals surface area contributed by atoms with Gasteiger partial charge in [0.25, 0.3) is 0 Å². The molecule has 3 nitrogen and oxygen atoms in total. The Morgan fingerprint density at radius 1 is 1.50 bits per heavy atom. The van der Waals surface area contributed by atoms with Crippen LogP contribution in [0.25, 0.3) is 10.6 Å². The summed E-state index contributed by atoms with van der Waals surface area (Å²) in [6.45, 7) is 0.710. The van der Waals surface area contributed by atoms with E-state index in [0.29, 0.717) is 6.54 Å². The van der Waals surface area contributed by atoms with Gasteiger partial charge >= 0.3 is 0 Å². The Balaban J connectivity index is 1.93. The molecule has 1 aliphatic rings. The second-order valence-electron chi connectivity index (χ2n) is 4.39. The van der Waals surface area contributed by atoms with Gasteiger partial charge in [-0.2, -0.15) is 0 Å². The quantitative estimate of drug-likeness (QED) is 0.888. The normalized spacial score (nSPS) is 18.3. The molecule has 3 rings (SSSR count). The van der Waals surface area contributed by atoms with E-state index in [0.717, 1.165) is 10.6 Å². The number of nitrogens with zero attached hydrogens (tertiary/aromatic N) is 1. The van der Waals surface area contributed by atoms with E-state index in [2.05, 4.69) is 5.38 Å². The molecule has 0 aliphatic heterocycles. The van der Waals surface area contributed by atoms with Crippen LogP contribution in [0.5, 0.6) is 0 Å². The van der Waals surface area contributed by atoms with Crippen molar-refractivity contribution in [3.05, 3.63) is 29.7 Å². The third-order valence-electron chi connectivity index (χ3n) is 3.52. The van der Waals surface area contributed by atoms with E-state index in [1.807, 2.05) is 6.07 Å². The minimum atomic E-state index is 0.165. The Labute approximate surface area is 98.3 Å². The number of thiazole rings is 1. The fourth-order valence-corrected chi connectivity index (χ4v) is 3.13. The summed E-state index contributed by atoms with van der Waals surface area (Å²) in [4.78, 5) is 4.70. The fourth-order valence-electron chi connectivity index (χ4n) is 2.20. The van der Waals surface area contributed by atoms with Gasteiger partial charge in [0.15, 0.2) is 0 Å². The lowest BCUT2D eigenvalue weighted by Crippen LogP contribution is -2.41. The van der Waals surface area contributed by atoms with E-state index in [4.69, 9.17) is 15.1 Å². The van der Waals surface area contributed by atoms with Crippen molar-refractivity contribution >= 4 is 11.3 Å². The molecular formula is C12H14N2OS. The molecule has 16 heavy (non-hydrogen) atoms. The highest BCUT2D eigenvalue weighted by molar-refractivity contribution is 7.13. The van der Waals surface area contributed by atoms with Gasteiger partial charge in [-0.15, -0.1) is 11.3 Å². The van der Waals surface area contributed by atoms with Crippen LogP contribution in [0.1, 0.15) is 25.0 Å². The highest BCUT2D eigenvalue weighted by atomic mass is 32.1. The molecule has 2 N–H and O–H groups in total. The van der Waals surface area contributed by atoms with Gasteiger partial charge in [0.05, 0.1) is 12.0 Å². The second-order valence-corrected chi connectivity index (χ2v) is 5.25. The molecule has 0 amide bonds. The maximum absolute atomic E-state index is 5.87. The molecule has 2 aromatic rings. The lowest BCUT2D eigenvalue weighted by molar-refractivity contribution is 0.247. The van der Waals surface area contributed by atoms with Gasteiger partial charge in [-0.3, -0.25) is 0 Å². The molecule has 2 heterocycles. The summed E-state index contributed by atoms with van der Waals surface area (Å²) < 4.78 is 5.07. The zero-order chi connectivity index (χ0) is 11.0. The fraction of sp³-hybridized carbons (Fsp3) is 0.417. The molecule has 0 radical (unpaired) electrons. The van der Waals surface area contributed by atoms with Crippen LogP contribution in [0.3, 0.4) is 0 Å². The molecule has 1 saturated carbocycles. The molecule has 4 heteroatoms. The standard InChI is InChI=1S/C12H14N2OS/c13-8-12(3-1-4-12)10-7-16-11(14-10)9-2-5-15-6-9/h2,5-7H,1,3-4,8,13H2. The van der Waals surface area contributed by atoms with Gasteiger partial charge in [-0.25, -0.2) is 4.98 Å². The van der Waals surface area contributed by atoms with Gasteiger partial charge < -0.3 is 10.2 Å². The van der Waals surface area contributed by atoms with E-state index in [9.17, 15) is 0 Å². The highest BCUT2D eigenvalue weighted by Crippen LogP contribution is 2.43. The number of hydrogen-bond acceptors (Lipinski definition) is 4. The van der Waals surface area contributed by atoms with Gasteiger partial charge in [0.2, 0.25) is 0 Å². The molecule has 0 unspecified atom stereocenters. The number of furan rings is 1. The van der Waals surface area contributed by atoms with E-state index >= 15 is 0 Å². The average molecular weight is 234 g/mol. The van der Waals surface area contributed by atoms with Crippen molar-refractivity contribution in [2.75, 3.05) is 6.54 Å². The Bertz CT molecular complexity index is 465. The first-order valence-electron chi connectivity index (χ1n) is 5.53. The molecule has 0 spiro atoms. The lowest BCUT2D eigenvalue weighted by atomic mass is 9.67. The minimum absolute atomic E-state index is 0.165. The molecule has 1 aliphatic carbocycles. The molecule has 84 valence electrons. The van der Waals surface area contributed by atoms with Crippen molar-refractivity contribution in [2.45, 2.75) is 24.7 Å². The molecule has 1 fully saturated rings. The first-order valence-corrected chi connectivity index (χ1v) is 6.41. The smallest absolute Gasteiger partial charge is 0.126 e. The summed E-state index contributed by atoms with van der Waals surface area (Å²) in [5, 5.41) is 3.18. The van der Waals surface area contributed by atoms with Crippen LogP contribution in [0.4, 0.5) is 0 Å². The van der Waals surface area contributed by atoms with Crippen LogP contribution >= 0.6 is 11.3 Å². The Hall–Kier alpha value is -1.13. The SMILES string of the molecule is NCC1(c2csc(-c3ccoc3)n2)CCC1. The minimum Gasteiger partial charge on any atom is -0.472 e. The zero-order valence-electron chi connectivity index (χ0n) is 8.98. The maximum atomic E-state index is 5.87. The van der Waals surface area contributed by atoms with Crippen molar-refractivity contribution < 1.29 is 4.42 Å². The Morgan fingerprint density at radius 3 is 2.94 bits per heavy atom. The summed E-state index contributed by atoms with van der Waals surface area (Å²) >= 11 is 1.67. The van der Waals surface area contributed by atoms with Crippen LogP contribution in [-0.4, -0.2) is 11.5 Å². The summed E-state index contributed by atoms with van der Waals surface area (Å²) in [7, 11) is 0. The van der Waals surface area contributed by atoms with Crippen molar-refractivity contribution in [1.29, 1.82) is 0 Å². The molecular weight excluding hydrogens is 220 g/mol. The average Bonchev–Trinajstić information content (AvgIpc) is 2.86. The van der Waals surface area contributed by atoms with Crippen molar-refractivity contribution in [2.24, 2.45) is 5.73 Å². The third kappa shape index (κ3) is 1.41. The van der Waals surface area contributed by atoms with Crippen LogP contribution < -0.4 is 5.73 Å². The molecule has 0 atom stereocenters. The predicted molar refractivity (Wildman–Crippen MR) is 64.4 cm³/mol. The van der Waals surface area contributed by atoms with Crippen LogP contribution in [0.2, 0.25) is 0 Å². The van der Waals surface area contributed by atoms with Gasteiger partial charge in [-0.1, -0.05) is 6.42 Å². The van der Waals surface area contributed by atoms with Crippen molar-refractivity contribution in [3.63, 3.8) is 0 Å². The van der Waals surface area contributed by atoms with Crippen molar-refractivity contribution in [3.8, 4) is 10.6 Å². The summed E-state index contributed by atoms with van der Waals surface area (Å²) in [5.74, 6) is 0. The third-order valence-corrected chi connectivity index (χ3v) is 4.41. The second kappa shape index (κ2) is 3.71. The maximum Gasteiger partial charge on any atom is 0.126 e. The molecule has 0 aromatic carbocycles. The molecule has 0 saturated heterocycles. The number of aromatic nitrogens is 1. The van der Waals surface area contributed by atoms with Crippen LogP contribution in [0, 0.1) is 0 Å². The monoisotopic (exact) mass is 234 g/mol. The lowest BCUT2D eigenvalue weighted by Gasteiger charge is -2.39. The van der Waals surface area contributed by atoms with Gasteiger partial charge in [-0.05, 0) is 18.9 Å². The van der Waals surface area contributed by atoms with Gasteiger partial charge in [0, 0.05) is 22.9 Å². The number of hydrogen-bond donors (Lipinski definition) is 1. The zero-order valence-corrected chi connectivity index (χ0v) is 9.80. The topological polar surface area (TPSA) is 52.0 Å². The first kappa shape index (κ1) is 10.1. The number of rotatable bonds is 3. The highest BCUT2D eigenvalue weighted by Gasteiger charge is 2.39. The summed E-state index contributed by atoms with van der Waals surface area (Å²) in [6, 6.07) is 1.94. The van der Waals surface area contributed by atoms with Gasteiger partial charge in [0.1, 0.15) is 11.3 Å². The van der Waals surface area contributed by atoms with Crippen LogP contribution in [-0.2, 0) is 5.41 Å². The van der Waals surface area contributed by atoms with Crippen molar-refractivity contribution in [1.82, 2.24) is 4.98 Å². The van der Waals surface area contributed by atoms with Crippen LogP contribution in [0.15, 0.2) is 28.4 Å². The van der Waals surface area contributed by atoms with E-state index in [1.54, 1.807) is 23.9 Å². The van der Waals surface area contributed by atoms with E-state index in [-0.39, 0.29) is 5.41 Å².